The van der Waals surface area contributed by atoms with E-state index in [0.717, 1.165) is 0 Å². The SMILES string of the molecule is COc1ccccc1C(=O)N[C@@]1(C(F)(F)F)N=C(c2ccccc2)NC1=O. The number of hydrogen-bond donors (Lipinski definition) is 2. The average Bonchev–Trinajstić information content (AvgIpc) is 3.00. The van der Waals surface area contributed by atoms with Crippen molar-refractivity contribution in [2.75, 3.05) is 7.11 Å². The Morgan fingerprint density at radius 2 is 1.74 bits per heavy atom. The predicted octanol–water partition coefficient (Wildman–Crippen LogP) is 2.26. The summed E-state index contributed by atoms with van der Waals surface area (Å²) in [5.74, 6) is -2.84. The van der Waals surface area contributed by atoms with E-state index in [4.69, 9.17) is 4.74 Å². The molecular formula is C18H14F3N3O3. The number of benzene rings is 2. The number of nitrogens with one attached hydrogen (secondary N) is 2. The van der Waals surface area contributed by atoms with Crippen molar-refractivity contribution in [3.63, 3.8) is 0 Å². The Labute approximate surface area is 152 Å². The van der Waals surface area contributed by atoms with Crippen LogP contribution in [0.4, 0.5) is 13.2 Å². The number of amides is 2. The highest BCUT2D eigenvalue weighted by molar-refractivity contribution is 6.17. The summed E-state index contributed by atoms with van der Waals surface area (Å²) in [4.78, 5) is 28.3. The lowest BCUT2D eigenvalue weighted by molar-refractivity contribution is -0.192. The van der Waals surface area contributed by atoms with Crippen LogP contribution in [0.25, 0.3) is 0 Å². The summed E-state index contributed by atoms with van der Waals surface area (Å²) in [7, 11) is 1.28. The van der Waals surface area contributed by atoms with Crippen LogP contribution < -0.4 is 15.4 Å². The molecule has 0 aliphatic carbocycles. The molecule has 2 aromatic rings. The van der Waals surface area contributed by atoms with Crippen LogP contribution >= 0.6 is 0 Å². The van der Waals surface area contributed by atoms with Crippen LogP contribution in [-0.4, -0.2) is 36.6 Å². The second kappa shape index (κ2) is 6.75. The van der Waals surface area contributed by atoms with E-state index in [1.807, 2.05) is 0 Å². The van der Waals surface area contributed by atoms with Gasteiger partial charge in [0.2, 0.25) is 0 Å². The lowest BCUT2D eigenvalue weighted by Gasteiger charge is -2.27. The lowest BCUT2D eigenvalue weighted by atomic mass is 10.1. The highest BCUT2D eigenvalue weighted by Crippen LogP contribution is 2.35. The van der Waals surface area contributed by atoms with Crippen molar-refractivity contribution in [2.45, 2.75) is 11.8 Å². The van der Waals surface area contributed by atoms with Crippen LogP contribution in [0.2, 0.25) is 0 Å². The first-order chi connectivity index (χ1) is 12.8. The Hall–Kier alpha value is -3.36. The molecule has 9 heteroatoms. The maximum Gasteiger partial charge on any atom is 0.442 e. The van der Waals surface area contributed by atoms with E-state index in [2.05, 4.69) is 10.3 Å². The van der Waals surface area contributed by atoms with Gasteiger partial charge in [-0.15, -0.1) is 0 Å². The van der Waals surface area contributed by atoms with Gasteiger partial charge in [0.25, 0.3) is 11.8 Å². The minimum Gasteiger partial charge on any atom is -0.496 e. The molecule has 27 heavy (non-hydrogen) atoms. The number of rotatable bonds is 4. The maximum absolute atomic E-state index is 13.8. The van der Waals surface area contributed by atoms with Crippen LogP contribution in [0.15, 0.2) is 59.6 Å². The quantitative estimate of drug-likeness (QED) is 0.858. The molecule has 0 saturated heterocycles. The zero-order chi connectivity index (χ0) is 19.7. The molecule has 6 nitrogen and oxygen atoms in total. The number of methoxy groups -OCH3 is 1. The molecule has 0 radical (unpaired) electrons. The van der Waals surface area contributed by atoms with E-state index in [9.17, 15) is 22.8 Å². The van der Waals surface area contributed by atoms with Gasteiger partial charge in [-0.1, -0.05) is 42.5 Å². The third-order valence-corrected chi connectivity index (χ3v) is 3.94. The number of amidine groups is 1. The second-order valence-electron chi connectivity index (χ2n) is 5.64. The number of para-hydroxylation sites is 1. The third-order valence-electron chi connectivity index (χ3n) is 3.94. The smallest absolute Gasteiger partial charge is 0.442 e. The molecule has 140 valence electrons. The van der Waals surface area contributed by atoms with Crippen molar-refractivity contribution < 1.29 is 27.5 Å². The number of halogens is 3. The standard InChI is InChI=1S/C18H14F3N3O3/c1-27-13-10-6-5-9-12(13)15(25)24-17(18(19,20)21)16(26)22-14(23-17)11-7-3-2-4-8-11/h2-10H,1H3,(H,24,25)(H,22,23,26)/t17-/m0/s1. The van der Waals surface area contributed by atoms with E-state index in [-0.39, 0.29) is 22.7 Å². The molecule has 3 rings (SSSR count). The summed E-state index contributed by atoms with van der Waals surface area (Å²) in [5, 5.41) is 3.83. The molecule has 1 atom stereocenters. The molecule has 1 heterocycles. The van der Waals surface area contributed by atoms with Gasteiger partial charge in [-0.05, 0) is 12.1 Å². The fourth-order valence-electron chi connectivity index (χ4n) is 2.59. The Balaban J connectivity index is 2.03. The van der Waals surface area contributed by atoms with Gasteiger partial charge in [0.15, 0.2) is 0 Å². The number of carbonyl (C=O) groups excluding carboxylic acids is 2. The molecular weight excluding hydrogens is 363 g/mol. The highest BCUT2D eigenvalue weighted by atomic mass is 19.4. The first kappa shape index (κ1) is 18.4. The minimum absolute atomic E-state index is 0.0676. The van der Waals surface area contributed by atoms with Crippen molar-refractivity contribution >= 4 is 17.6 Å². The van der Waals surface area contributed by atoms with Crippen LogP contribution in [0.1, 0.15) is 15.9 Å². The number of alkyl halides is 3. The van der Waals surface area contributed by atoms with Crippen molar-refractivity contribution in [1.29, 1.82) is 0 Å². The minimum atomic E-state index is -5.16. The summed E-state index contributed by atoms with van der Waals surface area (Å²) in [6.07, 6.45) is -5.16. The first-order valence-corrected chi connectivity index (χ1v) is 7.77. The molecule has 0 saturated carbocycles. The van der Waals surface area contributed by atoms with Gasteiger partial charge in [0.05, 0.1) is 12.7 Å². The normalized spacial score (nSPS) is 19.3. The van der Waals surface area contributed by atoms with Gasteiger partial charge in [-0.2, -0.15) is 13.2 Å². The third kappa shape index (κ3) is 3.23. The Morgan fingerprint density at radius 1 is 1.11 bits per heavy atom. The van der Waals surface area contributed by atoms with Crippen molar-refractivity contribution in [3.8, 4) is 5.75 Å². The molecule has 1 aliphatic heterocycles. The maximum atomic E-state index is 13.8. The Bertz CT molecular complexity index is 913. The predicted molar refractivity (Wildman–Crippen MR) is 90.4 cm³/mol. The molecule has 0 fully saturated rings. The van der Waals surface area contributed by atoms with E-state index in [1.165, 1.54) is 37.4 Å². The molecule has 1 aliphatic rings. The first-order valence-electron chi connectivity index (χ1n) is 7.77. The van der Waals surface area contributed by atoms with Crippen LogP contribution in [0, 0.1) is 0 Å². The highest BCUT2D eigenvalue weighted by Gasteiger charge is 2.65. The molecule has 0 bridgehead atoms. The summed E-state index contributed by atoms with van der Waals surface area (Å²) in [5.41, 5.74) is -3.31. The topological polar surface area (TPSA) is 79.8 Å². The number of hydrogen-bond acceptors (Lipinski definition) is 4. The van der Waals surface area contributed by atoms with Crippen molar-refractivity contribution in [3.05, 3.63) is 65.7 Å². The zero-order valence-corrected chi connectivity index (χ0v) is 14.0. The molecule has 0 aromatic heterocycles. The molecule has 2 amide bonds. The van der Waals surface area contributed by atoms with Crippen LogP contribution in [0.5, 0.6) is 5.75 Å². The Kier molecular flexibility index (Phi) is 4.61. The van der Waals surface area contributed by atoms with E-state index in [0.29, 0.717) is 0 Å². The van der Waals surface area contributed by atoms with Crippen molar-refractivity contribution in [2.24, 2.45) is 4.99 Å². The van der Waals surface area contributed by atoms with Crippen LogP contribution in [-0.2, 0) is 4.79 Å². The van der Waals surface area contributed by atoms with Gasteiger partial charge in [-0.3, -0.25) is 9.59 Å². The van der Waals surface area contributed by atoms with E-state index < -0.39 is 23.7 Å². The molecule has 2 N–H and O–H groups in total. The second-order valence-corrected chi connectivity index (χ2v) is 5.64. The number of ether oxygens (including phenoxy) is 1. The lowest BCUT2D eigenvalue weighted by Crippen LogP contribution is -2.63. The van der Waals surface area contributed by atoms with E-state index in [1.54, 1.807) is 29.6 Å². The van der Waals surface area contributed by atoms with Gasteiger partial charge in [-0.25, -0.2) is 4.99 Å². The van der Waals surface area contributed by atoms with Gasteiger partial charge in [0, 0.05) is 5.56 Å². The van der Waals surface area contributed by atoms with Crippen LogP contribution in [0.3, 0.4) is 0 Å². The molecule has 2 aromatic carbocycles. The molecule has 0 spiro atoms. The van der Waals surface area contributed by atoms with E-state index >= 15 is 0 Å². The Morgan fingerprint density at radius 3 is 2.37 bits per heavy atom. The molecule has 0 unspecified atom stereocenters. The number of carbonyl (C=O) groups is 2. The fraction of sp³-hybridized carbons (Fsp3) is 0.167. The van der Waals surface area contributed by atoms with Gasteiger partial charge >= 0.3 is 11.8 Å². The largest absolute Gasteiger partial charge is 0.496 e. The summed E-state index contributed by atoms with van der Waals surface area (Å²) in [6.45, 7) is 0. The number of nitrogens with zero attached hydrogens (tertiary/aromatic N) is 1. The average molecular weight is 377 g/mol. The zero-order valence-electron chi connectivity index (χ0n) is 14.0. The van der Waals surface area contributed by atoms with Gasteiger partial charge < -0.3 is 15.4 Å². The summed E-state index contributed by atoms with van der Waals surface area (Å²) >= 11 is 0. The summed E-state index contributed by atoms with van der Waals surface area (Å²) < 4.78 is 46.4. The number of aliphatic imine (C=N–C) groups is 1. The van der Waals surface area contributed by atoms with Crippen molar-refractivity contribution in [1.82, 2.24) is 10.6 Å². The summed E-state index contributed by atoms with van der Waals surface area (Å²) in [6, 6.07) is 13.6. The fourth-order valence-corrected chi connectivity index (χ4v) is 2.59. The van der Waals surface area contributed by atoms with Gasteiger partial charge in [0.1, 0.15) is 11.6 Å². The monoisotopic (exact) mass is 377 g/mol.